The number of amides is 1. The van der Waals surface area contributed by atoms with Crippen molar-refractivity contribution in [1.29, 1.82) is 0 Å². The molecular formula is C7H14N2OS. The molecule has 0 saturated carbocycles. The fraction of sp³-hybridized carbons (Fsp3) is 0.857. The molecule has 0 unspecified atom stereocenters. The van der Waals surface area contributed by atoms with E-state index in [1.807, 2.05) is 14.0 Å². The summed E-state index contributed by atoms with van der Waals surface area (Å²) in [6.07, 6.45) is 0. The number of thioether (sulfide) groups is 1. The maximum atomic E-state index is 11.4. The minimum atomic E-state index is 0.0601. The van der Waals surface area contributed by atoms with Crippen LogP contribution in [0.3, 0.4) is 0 Å². The van der Waals surface area contributed by atoms with Gasteiger partial charge in [-0.25, -0.2) is 0 Å². The molecule has 1 aliphatic rings. The zero-order valence-corrected chi connectivity index (χ0v) is 7.78. The Balaban J connectivity index is 2.39. The van der Waals surface area contributed by atoms with Gasteiger partial charge in [-0.3, -0.25) is 10.1 Å². The Labute approximate surface area is 71.5 Å². The average molecular weight is 174 g/mol. The van der Waals surface area contributed by atoms with Gasteiger partial charge in [-0.2, -0.15) is 0 Å². The van der Waals surface area contributed by atoms with Gasteiger partial charge in [-0.05, 0) is 6.92 Å². The molecule has 0 aliphatic carbocycles. The molecule has 1 amide bonds. The van der Waals surface area contributed by atoms with Gasteiger partial charge in [0.25, 0.3) is 0 Å². The fourth-order valence-electron chi connectivity index (χ4n) is 0.976. The van der Waals surface area contributed by atoms with Crippen LogP contribution >= 0.6 is 11.8 Å². The molecule has 1 saturated heterocycles. The largest absolute Gasteiger partial charge is 0.345 e. The van der Waals surface area contributed by atoms with Crippen molar-refractivity contribution in [2.75, 3.05) is 25.2 Å². The molecule has 0 radical (unpaired) electrons. The average Bonchev–Trinajstić information content (AvgIpc) is 2.53. The Morgan fingerprint density at radius 2 is 2.55 bits per heavy atom. The minimum Gasteiger partial charge on any atom is -0.345 e. The second-order valence-electron chi connectivity index (χ2n) is 2.62. The standard InChI is InChI=1S/C7H14N2OS/c1-3-9(2)7(10)6-4-11-5-8-6/h6,8H,3-5H2,1-2H3/t6-/m1/s1. The zero-order valence-electron chi connectivity index (χ0n) is 6.96. The van der Waals surface area contributed by atoms with Crippen molar-refractivity contribution in [2.24, 2.45) is 0 Å². The number of carbonyl (C=O) groups is 1. The van der Waals surface area contributed by atoms with E-state index in [0.717, 1.165) is 18.2 Å². The van der Waals surface area contributed by atoms with Crippen LogP contribution in [0.1, 0.15) is 6.92 Å². The number of hydrogen-bond donors (Lipinski definition) is 1. The predicted octanol–water partition coefficient (Wildman–Crippen LogP) is 0.127. The van der Waals surface area contributed by atoms with Crippen LogP contribution in [0.4, 0.5) is 0 Å². The van der Waals surface area contributed by atoms with Crippen LogP contribution in [0.5, 0.6) is 0 Å². The highest BCUT2D eigenvalue weighted by Gasteiger charge is 2.24. The van der Waals surface area contributed by atoms with Gasteiger partial charge in [0.1, 0.15) is 0 Å². The number of likely N-dealkylation sites (N-methyl/N-ethyl adjacent to an activating group) is 1. The SMILES string of the molecule is CCN(C)C(=O)[C@H]1CSCN1. The van der Waals surface area contributed by atoms with Gasteiger partial charge in [0, 0.05) is 25.2 Å². The van der Waals surface area contributed by atoms with Crippen LogP contribution in [0.15, 0.2) is 0 Å². The minimum absolute atomic E-state index is 0.0601. The smallest absolute Gasteiger partial charge is 0.240 e. The van der Waals surface area contributed by atoms with E-state index < -0.39 is 0 Å². The summed E-state index contributed by atoms with van der Waals surface area (Å²) in [6, 6.07) is 0.0601. The first-order valence-electron chi connectivity index (χ1n) is 3.81. The maximum absolute atomic E-state index is 11.4. The van der Waals surface area contributed by atoms with Crippen molar-refractivity contribution < 1.29 is 4.79 Å². The number of carbonyl (C=O) groups excluding carboxylic acids is 1. The van der Waals surface area contributed by atoms with Crippen LogP contribution in [-0.4, -0.2) is 42.1 Å². The molecule has 0 bridgehead atoms. The zero-order chi connectivity index (χ0) is 8.27. The maximum Gasteiger partial charge on any atom is 0.240 e. The number of nitrogens with zero attached hydrogens (tertiary/aromatic N) is 1. The van der Waals surface area contributed by atoms with Gasteiger partial charge in [0.05, 0.1) is 6.04 Å². The number of nitrogens with one attached hydrogen (secondary N) is 1. The topological polar surface area (TPSA) is 32.3 Å². The van der Waals surface area contributed by atoms with Crippen molar-refractivity contribution in [3.8, 4) is 0 Å². The van der Waals surface area contributed by atoms with E-state index in [4.69, 9.17) is 0 Å². The van der Waals surface area contributed by atoms with Gasteiger partial charge in [-0.15, -0.1) is 11.8 Å². The molecule has 64 valence electrons. The first-order chi connectivity index (χ1) is 5.25. The molecule has 0 aromatic heterocycles. The Morgan fingerprint density at radius 3 is 3.00 bits per heavy atom. The lowest BCUT2D eigenvalue weighted by Crippen LogP contribution is -2.42. The van der Waals surface area contributed by atoms with Crippen molar-refractivity contribution in [3.63, 3.8) is 0 Å². The molecule has 1 fully saturated rings. The third kappa shape index (κ3) is 2.10. The summed E-state index contributed by atoms with van der Waals surface area (Å²) < 4.78 is 0. The van der Waals surface area contributed by atoms with E-state index in [9.17, 15) is 4.79 Å². The van der Waals surface area contributed by atoms with Crippen LogP contribution in [-0.2, 0) is 4.79 Å². The monoisotopic (exact) mass is 174 g/mol. The van der Waals surface area contributed by atoms with Crippen LogP contribution in [0.2, 0.25) is 0 Å². The Morgan fingerprint density at radius 1 is 1.82 bits per heavy atom. The highest BCUT2D eigenvalue weighted by atomic mass is 32.2. The first kappa shape index (κ1) is 8.87. The molecule has 1 aliphatic heterocycles. The highest BCUT2D eigenvalue weighted by molar-refractivity contribution is 7.99. The van der Waals surface area contributed by atoms with E-state index in [2.05, 4.69) is 5.32 Å². The molecule has 11 heavy (non-hydrogen) atoms. The number of rotatable bonds is 2. The Hall–Kier alpha value is -0.220. The summed E-state index contributed by atoms with van der Waals surface area (Å²) in [4.78, 5) is 13.2. The third-order valence-corrected chi connectivity index (χ3v) is 2.80. The molecule has 0 spiro atoms. The van der Waals surface area contributed by atoms with E-state index in [-0.39, 0.29) is 11.9 Å². The van der Waals surface area contributed by atoms with Crippen LogP contribution in [0.25, 0.3) is 0 Å². The van der Waals surface area contributed by atoms with Crippen LogP contribution < -0.4 is 5.32 Å². The molecular weight excluding hydrogens is 160 g/mol. The first-order valence-corrected chi connectivity index (χ1v) is 4.97. The highest BCUT2D eigenvalue weighted by Crippen LogP contribution is 2.10. The Bertz CT molecular complexity index is 145. The van der Waals surface area contributed by atoms with Gasteiger partial charge in [0.2, 0.25) is 5.91 Å². The van der Waals surface area contributed by atoms with E-state index >= 15 is 0 Å². The van der Waals surface area contributed by atoms with Gasteiger partial charge in [0.15, 0.2) is 0 Å². The lowest BCUT2D eigenvalue weighted by atomic mass is 10.3. The van der Waals surface area contributed by atoms with E-state index in [1.165, 1.54) is 0 Å². The molecule has 1 N–H and O–H groups in total. The van der Waals surface area contributed by atoms with Crippen LogP contribution in [0, 0.1) is 0 Å². The van der Waals surface area contributed by atoms with Gasteiger partial charge < -0.3 is 4.90 Å². The van der Waals surface area contributed by atoms with Crippen molar-refractivity contribution in [2.45, 2.75) is 13.0 Å². The summed E-state index contributed by atoms with van der Waals surface area (Å²) in [6.45, 7) is 2.78. The van der Waals surface area contributed by atoms with E-state index in [0.29, 0.717) is 0 Å². The molecule has 1 atom stereocenters. The molecule has 4 heteroatoms. The van der Waals surface area contributed by atoms with Gasteiger partial charge in [-0.1, -0.05) is 0 Å². The predicted molar refractivity (Wildman–Crippen MR) is 47.6 cm³/mol. The number of hydrogen-bond acceptors (Lipinski definition) is 3. The fourth-order valence-corrected chi connectivity index (χ4v) is 1.91. The summed E-state index contributed by atoms with van der Waals surface area (Å²) in [5.74, 6) is 2.05. The lowest BCUT2D eigenvalue weighted by molar-refractivity contribution is -0.131. The third-order valence-electron chi connectivity index (χ3n) is 1.86. The lowest BCUT2D eigenvalue weighted by Gasteiger charge is -2.18. The molecule has 1 rings (SSSR count). The normalized spacial score (nSPS) is 23.6. The van der Waals surface area contributed by atoms with Crippen molar-refractivity contribution >= 4 is 17.7 Å². The van der Waals surface area contributed by atoms with Crippen molar-refractivity contribution in [1.82, 2.24) is 10.2 Å². The van der Waals surface area contributed by atoms with E-state index in [1.54, 1.807) is 16.7 Å². The summed E-state index contributed by atoms with van der Waals surface area (Å²) in [7, 11) is 1.84. The summed E-state index contributed by atoms with van der Waals surface area (Å²) >= 11 is 1.78. The van der Waals surface area contributed by atoms with Gasteiger partial charge >= 0.3 is 0 Å². The van der Waals surface area contributed by atoms with Crippen molar-refractivity contribution in [3.05, 3.63) is 0 Å². The molecule has 3 nitrogen and oxygen atoms in total. The quantitative estimate of drug-likeness (QED) is 0.645. The second-order valence-corrected chi connectivity index (χ2v) is 3.65. The molecule has 0 aromatic carbocycles. The second kappa shape index (κ2) is 3.97. The Kier molecular flexibility index (Phi) is 3.20. The summed E-state index contributed by atoms with van der Waals surface area (Å²) in [5.41, 5.74) is 0. The molecule has 1 heterocycles. The summed E-state index contributed by atoms with van der Waals surface area (Å²) in [5, 5.41) is 3.14. The molecule has 0 aromatic rings.